The van der Waals surface area contributed by atoms with E-state index in [0.29, 0.717) is 15.6 Å². The lowest BCUT2D eigenvalue weighted by Crippen LogP contribution is -2.39. The first kappa shape index (κ1) is 23.9. The summed E-state index contributed by atoms with van der Waals surface area (Å²) in [5, 5.41) is 4.81. The van der Waals surface area contributed by atoms with Crippen LogP contribution in [0.5, 0.6) is 0 Å². The molecule has 3 aromatic carbocycles. The number of carbonyl (C=O) groups excluding carboxylic acids is 1. The van der Waals surface area contributed by atoms with Gasteiger partial charge in [0.15, 0.2) is 0 Å². The lowest BCUT2D eigenvalue weighted by molar-refractivity contribution is -0.121. The van der Waals surface area contributed by atoms with E-state index in [9.17, 15) is 13.2 Å². The van der Waals surface area contributed by atoms with Gasteiger partial charge in [-0.3, -0.25) is 4.79 Å². The topological polar surface area (TPSA) is 78.8 Å². The van der Waals surface area contributed by atoms with E-state index >= 15 is 0 Å². The number of halogens is 2. The zero-order valence-electron chi connectivity index (χ0n) is 17.2. The quantitative estimate of drug-likeness (QED) is 0.369. The van der Waals surface area contributed by atoms with E-state index in [2.05, 4.69) is 10.5 Å². The van der Waals surface area contributed by atoms with Gasteiger partial charge in [0.2, 0.25) is 10.0 Å². The Morgan fingerprint density at radius 3 is 2.34 bits per heavy atom. The van der Waals surface area contributed by atoms with Crippen LogP contribution >= 0.6 is 23.2 Å². The van der Waals surface area contributed by atoms with E-state index in [1.165, 1.54) is 30.5 Å². The molecule has 1 amide bonds. The van der Waals surface area contributed by atoms with E-state index in [0.717, 1.165) is 15.4 Å². The van der Waals surface area contributed by atoms with Gasteiger partial charge in [-0.05, 0) is 54.4 Å². The summed E-state index contributed by atoms with van der Waals surface area (Å²) in [6, 6.07) is 20.1. The summed E-state index contributed by atoms with van der Waals surface area (Å²) in [6.07, 6.45) is 1.49. The Balaban J connectivity index is 1.79. The Morgan fingerprint density at radius 1 is 1.00 bits per heavy atom. The first-order chi connectivity index (χ1) is 15.2. The molecule has 166 valence electrons. The minimum absolute atomic E-state index is 0.0277. The molecule has 0 saturated heterocycles. The van der Waals surface area contributed by atoms with Crippen LogP contribution in [-0.4, -0.2) is 31.4 Å². The van der Waals surface area contributed by atoms with Crippen LogP contribution in [0.4, 0.5) is 0 Å². The maximum atomic E-state index is 13.2. The first-order valence-corrected chi connectivity index (χ1v) is 11.8. The summed E-state index contributed by atoms with van der Waals surface area (Å²) < 4.78 is 27.5. The third kappa shape index (κ3) is 6.64. The van der Waals surface area contributed by atoms with Crippen LogP contribution in [0.15, 0.2) is 82.8 Å². The first-order valence-electron chi connectivity index (χ1n) is 9.63. The van der Waals surface area contributed by atoms with Gasteiger partial charge in [-0.2, -0.15) is 9.41 Å². The molecule has 0 aromatic heterocycles. The molecule has 6 nitrogen and oxygen atoms in total. The van der Waals surface area contributed by atoms with Crippen LogP contribution in [0.3, 0.4) is 0 Å². The molecule has 0 unspecified atom stereocenters. The Morgan fingerprint density at radius 2 is 1.69 bits per heavy atom. The smallest absolute Gasteiger partial charge is 0.255 e. The average molecular weight is 490 g/mol. The van der Waals surface area contributed by atoms with Crippen LogP contribution in [0.1, 0.15) is 16.7 Å². The van der Waals surface area contributed by atoms with Gasteiger partial charge < -0.3 is 0 Å². The number of benzene rings is 3. The molecule has 0 spiro atoms. The number of carbonyl (C=O) groups is 1. The normalized spacial score (nSPS) is 11.8. The van der Waals surface area contributed by atoms with E-state index < -0.39 is 22.5 Å². The van der Waals surface area contributed by atoms with Crippen LogP contribution in [0.2, 0.25) is 10.0 Å². The van der Waals surface area contributed by atoms with E-state index in [1.807, 2.05) is 31.2 Å². The molecule has 0 bridgehead atoms. The van der Waals surface area contributed by atoms with E-state index in [4.69, 9.17) is 23.2 Å². The molecule has 0 aliphatic carbocycles. The van der Waals surface area contributed by atoms with Crippen LogP contribution in [-0.2, 0) is 21.4 Å². The molecule has 0 fully saturated rings. The van der Waals surface area contributed by atoms with Crippen molar-refractivity contribution in [3.8, 4) is 0 Å². The van der Waals surface area contributed by atoms with E-state index in [-0.39, 0.29) is 11.4 Å². The Hall–Kier alpha value is -2.71. The maximum absolute atomic E-state index is 13.2. The molecule has 0 aliphatic heterocycles. The summed E-state index contributed by atoms with van der Waals surface area (Å²) in [4.78, 5) is 12.5. The zero-order chi connectivity index (χ0) is 23.1. The van der Waals surface area contributed by atoms with Gasteiger partial charge in [-0.25, -0.2) is 13.8 Å². The Labute approximate surface area is 197 Å². The van der Waals surface area contributed by atoms with Crippen LogP contribution < -0.4 is 5.43 Å². The second-order valence-electron chi connectivity index (χ2n) is 7.06. The molecule has 3 rings (SSSR count). The zero-order valence-corrected chi connectivity index (χ0v) is 19.5. The van der Waals surface area contributed by atoms with Gasteiger partial charge in [0.1, 0.15) is 0 Å². The molecule has 0 heterocycles. The molecule has 0 aliphatic rings. The minimum Gasteiger partial charge on any atom is -0.272 e. The number of amides is 1. The number of nitrogens with zero attached hydrogens (tertiary/aromatic N) is 2. The van der Waals surface area contributed by atoms with Crippen molar-refractivity contribution in [2.45, 2.75) is 18.4 Å². The van der Waals surface area contributed by atoms with Gasteiger partial charge in [-0.1, -0.05) is 65.2 Å². The molecular formula is C23H21Cl2N3O3S. The van der Waals surface area contributed by atoms with Gasteiger partial charge >= 0.3 is 0 Å². The molecule has 0 atom stereocenters. The Kier molecular flexibility index (Phi) is 8.04. The van der Waals surface area contributed by atoms with Gasteiger partial charge in [0, 0.05) is 16.6 Å². The van der Waals surface area contributed by atoms with Gasteiger partial charge in [-0.15, -0.1) is 0 Å². The maximum Gasteiger partial charge on any atom is 0.255 e. The Bertz CT molecular complexity index is 1210. The number of aryl methyl sites for hydroxylation is 1. The van der Waals surface area contributed by atoms with Crippen molar-refractivity contribution in [3.63, 3.8) is 0 Å². The number of sulfonamides is 1. The van der Waals surface area contributed by atoms with Gasteiger partial charge in [0.05, 0.1) is 17.7 Å². The lowest BCUT2D eigenvalue weighted by atomic mass is 10.2. The largest absolute Gasteiger partial charge is 0.272 e. The predicted molar refractivity (Wildman–Crippen MR) is 127 cm³/mol. The molecule has 9 heteroatoms. The van der Waals surface area contributed by atoms with Gasteiger partial charge in [0.25, 0.3) is 5.91 Å². The highest BCUT2D eigenvalue weighted by Crippen LogP contribution is 2.21. The number of hydrogen-bond donors (Lipinski definition) is 1. The predicted octanol–water partition coefficient (Wildman–Crippen LogP) is 4.64. The molecule has 0 radical (unpaired) electrons. The standard InChI is InChI=1S/C23H21Cl2N3O3S/c1-17-5-7-18(8-6-17)14-26-27-23(29)16-28(15-19-3-2-4-21(25)13-19)32(30,31)22-11-9-20(24)10-12-22/h2-14H,15-16H2,1H3,(H,27,29)/b26-14-. The number of hydrazone groups is 1. The van der Waals surface area contributed by atoms with E-state index in [1.54, 1.807) is 24.3 Å². The SMILES string of the molecule is Cc1ccc(/C=N\NC(=O)CN(Cc2cccc(Cl)c2)S(=O)(=O)c2ccc(Cl)cc2)cc1. The van der Waals surface area contributed by atoms with Crippen molar-refractivity contribution >= 4 is 45.3 Å². The van der Waals surface area contributed by atoms with Crippen LogP contribution in [0, 0.1) is 6.92 Å². The second kappa shape index (κ2) is 10.7. The molecule has 1 N–H and O–H groups in total. The fraction of sp³-hybridized carbons (Fsp3) is 0.130. The second-order valence-corrected chi connectivity index (χ2v) is 9.87. The van der Waals surface area contributed by atoms with Crippen molar-refractivity contribution in [1.29, 1.82) is 0 Å². The van der Waals surface area contributed by atoms with Crippen LogP contribution in [0.25, 0.3) is 0 Å². The third-order valence-corrected chi connectivity index (χ3v) is 6.79. The van der Waals surface area contributed by atoms with Crippen molar-refractivity contribution < 1.29 is 13.2 Å². The monoisotopic (exact) mass is 489 g/mol. The molecule has 3 aromatic rings. The number of nitrogens with one attached hydrogen (secondary N) is 1. The number of hydrogen-bond acceptors (Lipinski definition) is 4. The fourth-order valence-electron chi connectivity index (χ4n) is 2.85. The van der Waals surface area contributed by atoms with Crippen molar-refractivity contribution in [2.24, 2.45) is 5.10 Å². The average Bonchev–Trinajstić information content (AvgIpc) is 2.75. The molecule has 32 heavy (non-hydrogen) atoms. The summed E-state index contributed by atoms with van der Waals surface area (Å²) in [5.41, 5.74) is 4.94. The van der Waals surface area contributed by atoms with Crippen molar-refractivity contribution in [3.05, 3.63) is 99.5 Å². The molecule has 0 saturated carbocycles. The van der Waals surface area contributed by atoms with Crippen molar-refractivity contribution in [1.82, 2.24) is 9.73 Å². The summed E-state index contributed by atoms with van der Waals surface area (Å²) in [7, 11) is -3.99. The minimum atomic E-state index is -3.99. The highest BCUT2D eigenvalue weighted by atomic mass is 35.5. The lowest BCUT2D eigenvalue weighted by Gasteiger charge is -2.21. The third-order valence-electron chi connectivity index (χ3n) is 4.50. The highest BCUT2D eigenvalue weighted by molar-refractivity contribution is 7.89. The summed E-state index contributed by atoms with van der Waals surface area (Å²) in [6.45, 7) is 1.50. The van der Waals surface area contributed by atoms with Crippen molar-refractivity contribution in [2.75, 3.05) is 6.54 Å². The number of rotatable bonds is 8. The molecular weight excluding hydrogens is 469 g/mol. The summed E-state index contributed by atoms with van der Waals surface area (Å²) >= 11 is 11.9. The highest BCUT2D eigenvalue weighted by Gasteiger charge is 2.27. The summed E-state index contributed by atoms with van der Waals surface area (Å²) in [5.74, 6) is -0.576. The fourth-order valence-corrected chi connectivity index (χ4v) is 4.57.